The highest BCUT2D eigenvalue weighted by atomic mass is 16.5. The van der Waals surface area contributed by atoms with E-state index in [2.05, 4.69) is 84.7 Å². The molecule has 0 radical (unpaired) electrons. The van der Waals surface area contributed by atoms with E-state index in [-0.39, 0.29) is 5.41 Å². The first-order valence-corrected chi connectivity index (χ1v) is 14.7. The maximum Gasteiger partial charge on any atom is 0.120 e. The van der Waals surface area contributed by atoms with Gasteiger partial charge in [0.25, 0.3) is 0 Å². The first kappa shape index (κ1) is 28.1. The van der Waals surface area contributed by atoms with Crippen LogP contribution >= 0.6 is 0 Å². The van der Waals surface area contributed by atoms with Crippen LogP contribution in [0.5, 0.6) is 17.2 Å². The number of nitrogens with zero attached hydrogens (tertiary/aromatic N) is 1. The topological polar surface area (TPSA) is 43.0 Å². The molecule has 0 amide bonds. The molecule has 40 heavy (non-hydrogen) atoms. The second-order valence-electron chi connectivity index (χ2n) is 11.7. The Morgan fingerprint density at radius 1 is 0.800 bits per heavy atom. The van der Waals surface area contributed by atoms with Crippen molar-refractivity contribution in [2.45, 2.75) is 52.5 Å². The highest BCUT2D eigenvalue weighted by Crippen LogP contribution is 2.46. The first-order valence-electron chi connectivity index (χ1n) is 14.7. The summed E-state index contributed by atoms with van der Waals surface area (Å²) in [4.78, 5) is 2.54. The van der Waals surface area contributed by atoms with Crippen LogP contribution in [0.1, 0.15) is 61.8 Å². The molecule has 5 heteroatoms. The molecule has 212 valence electrons. The van der Waals surface area contributed by atoms with Gasteiger partial charge in [0.15, 0.2) is 0 Å². The minimum absolute atomic E-state index is 0.0311. The molecule has 0 spiro atoms. The second-order valence-corrected chi connectivity index (χ2v) is 11.7. The van der Waals surface area contributed by atoms with Gasteiger partial charge in [-0.25, -0.2) is 0 Å². The van der Waals surface area contributed by atoms with Crippen molar-refractivity contribution in [3.8, 4) is 17.2 Å². The normalized spacial score (nSPS) is 16.9. The summed E-state index contributed by atoms with van der Waals surface area (Å²) in [6, 6.07) is 21.2. The number of rotatable bonds is 10. The van der Waals surface area contributed by atoms with Crippen molar-refractivity contribution in [2.24, 2.45) is 5.41 Å². The zero-order chi connectivity index (χ0) is 28.0. The lowest BCUT2D eigenvalue weighted by molar-refractivity contribution is 0.214. The molecule has 2 aliphatic rings. The Bertz CT molecular complexity index is 1300. The van der Waals surface area contributed by atoms with Gasteiger partial charge in [-0.3, -0.25) is 4.90 Å². The Hall–Kier alpha value is -3.44. The quantitative estimate of drug-likeness (QED) is 0.285. The van der Waals surface area contributed by atoms with Crippen LogP contribution < -0.4 is 19.5 Å². The smallest absolute Gasteiger partial charge is 0.120 e. The molecule has 3 aromatic carbocycles. The SMILES string of the molecule is COc1ccc2c(c1)CC(C)(C)C(c1ccc(OC)cc1NCc1ccc(OCCN3CCCCCC3)cc1)=C2. The third kappa shape index (κ3) is 6.82. The Kier molecular flexibility index (Phi) is 9.01. The number of methoxy groups -OCH3 is 2. The molecule has 0 aromatic heterocycles. The summed E-state index contributed by atoms with van der Waals surface area (Å²) in [5.74, 6) is 2.69. The summed E-state index contributed by atoms with van der Waals surface area (Å²) in [5, 5.41) is 3.70. The summed E-state index contributed by atoms with van der Waals surface area (Å²) >= 11 is 0. The minimum atomic E-state index is -0.0311. The fourth-order valence-electron chi connectivity index (χ4n) is 5.95. The minimum Gasteiger partial charge on any atom is -0.497 e. The van der Waals surface area contributed by atoms with Crippen LogP contribution in [0.4, 0.5) is 5.69 Å². The van der Waals surface area contributed by atoms with E-state index in [0.29, 0.717) is 0 Å². The number of hydrogen-bond donors (Lipinski definition) is 1. The lowest BCUT2D eigenvalue weighted by atomic mass is 9.70. The fourth-order valence-corrected chi connectivity index (χ4v) is 5.95. The first-order chi connectivity index (χ1) is 19.4. The molecule has 1 saturated heterocycles. The number of hydrogen-bond acceptors (Lipinski definition) is 5. The zero-order valence-electron chi connectivity index (χ0n) is 24.6. The third-order valence-electron chi connectivity index (χ3n) is 8.31. The molecule has 1 N–H and O–H groups in total. The highest BCUT2D eigenvalue weighted by molar-refractivity contribution is 5.92. The molecule has 3 aromatic rings. The van der Waals surface area contributed by atoms with E-state index < -0.39 is 0 Å². The molecule has 1 aliphatic carbocycles. The lowest BCUT2D eigenvalue weighted by Gasteiger charge is -2.34. The number of ether oxygens (including phenoxy) is 3. The summed E-state index contributed by atoms with van der Waals surface area (Å²) in [5.41, 5.74) is 7.37. The van der Waals surface area contributed by atoms with Crippen molar-refractivity contribution < 1.29 is 14.2 Å². The summed E-state index contributed by atoms with van der Waals surface area (Å²) in [6.07, 6.45) is 8.65. The summed E-state index contributed by atoms with van der Waals surface area (Å²) in [7, 11) is 3.45. The van der Waals surface area contributed by atoms with Crippen molar-refractivity contribution in [3.05, 3.63) is 82.9 Å². The van der Waals surface area contributed by atoms with Gasteiger partial charge in [0.05, 0.1) is 14.2 Å². The molecule has 1 aliphatic heterocycles. The van der Waals surface area contributed by atoms with Crippen molar-refractivity contribution in [1.29, 1.82) is 0 Å². The van der Waals surface area contributed by atoms with E-state index in [0.717, 1.165) is 49.1 Å². The zero-order valence-corrected chi connectivity index (χ0v) is 24.6. The number of nitrogens with one attached hydrogen (secondary N) is 1. The Labute approximate surface area is 240 Å². The molecule has 5 rings (SSSR count). The van der Waals surface area contributed by atoms with Gasteiger partial charge in [0.1, 0.15) is 23.9 Å². The molecule has 0 bridgehead atoms. The summed E-state index contributed by atoms with van der Waals surface area (Å²) in [6.45, 7) is 9.51. The van der Waals surface area contributed by atoms with E-state index in [1.807, 2.05) is 6.07 Å². The monoisotopic (exact) mass is 540 g/mol. The molecule has 1 fully saturated rings. The van der Waals surface area contributed by atoms with Crippen LogP contribution in [0.2, 0.25) is 0 Å². The van der Waals surface area contributed by atoms with Gasteiger partial charge < -0.3 is 19.5 Å². The average molecular weight is 541 g/mol. The van der Waals surface area contributed by atoms with E-state index in [9.17, 15) is 0 Å². The number of allylic oxidation sites excluding steroid dienone is 1. The van der Waals surface area contributed by atoms with Gasteiger partial charge in [-0.2, -0.15) is 0 Å². The van der Waals surface area contributed by atoms with E-state index in [4.69, 9.17) is 14.2 Å². The standard InChI is InChI=1S/C35H44N2O3/c1-35(2)24-28-21-30(38-3)14-11-27(28)22-33(35)32-16-15-31(39-4)23-34(32)36-25-26-9-12-29(13-10-26)40-20-19-37-17-7-5-6-8-18-37/h9-16,21-23,36H,5-8,17-20,24-25H2,1-4H3. The summed E-state index contributed by atoms with van der Waals surface area (Å²) < 4.78 is 17.1. The molecule has 0 unspecified atom stereocenters. The Balaban J connectivity index is 1.28. The average Bonchev–Trinajstić information content (AvgIpc) is 3.24. The molecule has 1 heterocycles. The maximum atomic E-state index is 6.07. The van der Waals surface area contributed by atoms with E-state index >= 15 is 0 Å². The highest BCUT2D eigenvalue weighted by Gasteiger charge is 2.31. The number of fused-ring (bicyclic) bond motifs is 1. The van der Waals surface area contributed by atoms with Gasteiger partial charge >= 0.3 is 0 Å². The maximum absolute atomic E-state index is 6.07. The van der Waals surface area contributed by atoms with Crippen LogP contribution in [-0.2, 0) is 13.0 Å². The van der Waals surface area contributed by atoms with Crippen LogP contribution in [-0.4, -0.2) is 45.4 Å². The van der Waals surface area contributed by atoms with Crippen LogP contribution in [0.25, 0.3) is 11.6 Å². The van der Waals surface area contributed by atoms with Crippen molar-refractivity contribution in [1.82, 2.24) is 4.90 Å². The fraction of sp³-hybridized carbons (Fsp3) is 0.429. The number of benzene rings is 3. The second kappa shape index (κ2) is 12.8. The third-order valence-corrected chi connectivity index (χ3v) is 8.31. The Morgan fingerprint density at radius 2 is 1.48 bits per heavy atom. The van der Waals surface area contributed by atoms with Crippen molar-refractivity contribution >= 4 is 17.3 Å². The van der Waals surface area contributed by atoms with E-state index in [1.54, 1.807) is 14.2 Å². The predicted octanol–water partition coefficient (Wildman–Crippen LogP) is 7.69. The number of anilines is 1. The number of likely N-dealkylation sites (tertiary alicyclic amines) is 1. The van der Waals surface area contributed by atoms with Gasteiger partial charge in [-0.15, -0.1) is 0 Å². The molecule has 0 atom stereocenters. The van der Waals surface area contributed by atoms with Gasteiger partial charge in [0, 0.05) is 30.4 Å². The van der Waals surface area contributed by atoms with Gasteiger partial charge in [-0.1, -0.05) is 51.0 Å². The van der Waals surface area contributed by atoms with E-state index in [1.165, 1.54) is 66.6 Å². The molecule has 0 saturated carbocycles. The lowest BCUT2D eigenvalue weighted by Crippen LogP contribution is -2.29. The molecule has 5 nitrogen and oxygen atoms in total. The molecular weight excluding hydrogens is 496 g/mol. The van der Waals surface area contributed by atoms with Gasteiger partial charge in [-0.05, 0) is 96.4 Å². The van der Waals surface area contributed by atoms with Crippen LogP contribution in [0.15, 0.2) is 60.7 Å². The largest absolute Gasteiger partial charge is 0.497 e. The van der Waals surface area contributed by atoms with Crippen LogP contribution in [0.3, 0.4) is 0 Å². The van der Waals surface area contributed by atoms with Gasteiger partial charge in [0.2, 0.25) is 0 Å². The van der Waals surface area contributed by atoms with Crippen molar-refractivity contribution in [3.63, 3.8) is 0 Å². The van der Waals surface area contributed by atoms with Crippen molar-refractivity contribution in [2.75, 3.05) is 45.8 Å². The Morgan fingerprint density at radius 3 is 2.20 bits per heavy atom. The van der Waals surface area contributed by atoms with Crippen LogP contribution in [0, 0.1) is 5.41 Å². The molecular formula is C35H44N2O3. The predicted molar refractivity (Wildman–Crippen MR) is 166 cm³/mol.